The summed E-state index contributed by atoms with van der Waals surface area (Å²) in [7, 11) is 1.68. The second kappa shape index (κ2) is 7.12. The van der Waals surface area contributed by atoms with Crippen LogP contribution in [-0.2, 0) is 6.54 Å². The first kappa shape index (κ1) is 18.1. The maximum Gasteiger partial charge on any atom is 0.162 e. The number of benzene rings is 2. The van der Waals surface area contributed by atoms with E-state index in [1.807, 2.05) is 12.1 Å². The van der Waals surface area contributed by atoms with Gasteiger partial charge in [-0.2, -0.15) is 0 Å². The van der Waals surface area contributed by atoms with Crippen LogP contribution >= 0.6 is 0 Å². The van der Waals surface area contributed by atoms with Crippen LogP contribution in [0.3, 0.4) is 0 Å². The van der Waals surface area contributed by atoms with Crippen LogP contribution in [0, 0.1) is 17.6 Å². The second-order valence-corrected chi connectivity index (χ2v) is 8.39. The Morgan fingerprint density at radius 2 is 1.82 bits per heavy atom. The molecular formula is C23H26F2N2O. The highest BCUT2D eigenvalue weighted by molar-refractivity contribution is 5.31. The topological polar surface area (TPSA) is 15.7 Å². The van der Waals surface area contributed by atoms with E-state index in [1.165, 1.54) is 24.5 Å². The van der Waals surface area contributed by atoms with Crippen LogP contribution in [0.1, 0.15) is 29.9 Å². The van der Waals surface area contributed by atoms with Crippen molar-refractivity contribution in [1.82, 2.24) is 9.80 Å². The predicted molar refractivity (Wildman–Crippen MR) is 104 cm³/mol. The van der Waals surface area contributed by atoms with Crippen LogP contribution in [0.25, 0.3) is 0 Å². The van der Waals surface area contributed by atoms with E-state index in [2.05, 4.69) is 21.9 Å². The van der Waals surface area contributed by atoms with Gasteiger partial charge in [-0.1, -0.05) is 24.3 Å². The molecule has 5 heteroatoms. The first-order valence-electron chi connectivity index (χ1n) is 10.2. The summed E-state index contributed by atoms with van der Waals surface area (Å²) in [6, 6.07) is 13.5. The Kier molecular flexibility index (Phi) is 4.60. The molecule has 0 aromatic heterocycles. The maximum atomic E-state index is 14.7. The Morgan fingerprint density at radius 3 is 2.61 bits per heavy atom. The van der Waals surface area contributed by atoms with E-state index in [1.54, 1.807) is 19.2 Å². The fraction of sp³-hybridized carbons (Fsp3) is 0.478. The quantitative estimate of drug-likeness (QED) is 0.791. The van der Waals surface area contributed by atoms with Crippen LogP contribution in [-0.4, -0.2) is 48.6 Å². The molecule has 148 valence electrons. The van der Waals surface area contributed by atoms with Crippen LogP contribution in [0.4, 0.5) is 8.78 Å². The van der Waals surface area contributed by atoms with Gasteiger partial charge in [-0.25, -0.2) is 8.78 Å². The fourth-order valence-corrected chi connectivity index (χ4v) is 5.81. The summed E-state index contributed by atoms with van der Waals surface area (Å²) in [6.07, 6.45) is 2.41. The van der Waals surface area contributed by atoms with E-state index in [4.69, 9.17) is 4.74 Å². The third-order valence-electron chi connectivity index (χ3n) is 6.99. The molecule has 2 aromatic carbocycles. The summed E-state index contributed by atoms with van der Waals surface area (Å²) >= 11 is 0. The fourth-order valence-electron chi connectivity index (χ4n) is 5.81. The lowest BCUT2D eigenvalue weighted by Crippen LogP contribution is -2.60. The van der Waals surface area contributed by atoms with Gasteiger partial charge >= 0.3 is 0 Å². The molecular weight excluding hydrogens is 358 g/mol. The Balaban J connectivity index is 1.49. The van der Waals surface area contributed by atoms with E-state index in [0.29, 0.717) is 17.5 Å². The zero-order valence-electron chi connectivity index (χ0n) is 16.2. The number of fused-ring (bicyclic) bond motifs is 2. The monoisotopic (exact) mass is 384 g/mol. The van der Waals surface area contributed by atoms with Crippen molar-refractivity contribution in [3.05, 3.63) is 65.2 Å². The van der Waals surface area contributed by atoms with Crippen molar-refractivity contribution in [1.29, 1.82) is 0 Å². The van der Waals surface area contributed by atoms with Gasteiger partial charge in [0, 0.05) is 31.1 Å². The molecule has 3 atom stereocenters. The molecule has 2 bridgehead atoms. The lowest BCUT2D eigenvalue weighted by molar-refractivity contribution is -0.00889. The number of methoxy groups -OCH3 is 1. The van der Waals surface area contributed by atoms with E-state index in [-0.39, 0.29) is 12.0 Å². The highest BCUT2D eigenvalue weighted by Gasteiger charge is 2.53. The van der Waals surface area contributed by atoms with E-state index in [0.717, 1.165) is 31.9 Å². The highest BCUT2D eigenvalue weighted by Crippen LogP contribution is 2.47. The molecule has 4 aliphatic heterocycles. The van der Waals surface area contributed by atoms with Gasteiger partial charge in [0.15, 0.2) is 11.6 Å². The smallest absolute Gasteiger partial charge is 0.162 e. The minimum atomic E-state index is -0.740. The summed E-state index contributed by atoms with van der Waals surface area (Å²) in [4.78, 5) is 5.02. The molecule has 28 heavy (non-hydrogen) atoms. The second-order valence-electron chi connectivity index (χ2n) is 8.39. The summed E-state index contributed by atoms with van der Waals surface area (Å²) < 4.78 is 34.0. The zero-order chi connectivity index (χ0) is 19.3. The first-order valence-corrected chi connectivity index (χ1v) is 10.2. The number of nitrogens with zero attached hydrogens (tertiary/aromatic N) is 2. The lowest BCUT2D eigenvalue weighted by Gasteiger charge is -2.51. The predicted octanol–water partition coefficient (Wildman–Crippen LogP) is 4.04. The largest absolute Gasteiger partial charge is 0.497 e. The molecule has 2 aromatic rings. The molecule has 0 amide bonds. The molecule has 4 saturated heterocycles. The standard InChI is InChI=1S/C23H26F2N2O/c1-28-17-5-2-4-15(12-17)13-27-14-19(18-6-3-7-20(24)21(18)25)23-22(27)16-8-10-26(23)11-9-16/h2-7,12,16,19,22-23H,8-11,13-14H2,1H3/t19-,22+,23+/m1/s1. The highest BCUT2D eigenvalue weighted by atomic mass is 19.2. The molecule has 0 saturated carbocycles. The van der Waals surface area contributed by atoms with E-state index < -0.39 is 11.6 Å². The number of hydrogen-bond donors (Lipinski definition) is 0. The minimum absolute atomic E-state index is 0.00871. The summed E-state index contributed by atoms with van der Waals surface area (Å²) in [5, 5.41) is 0. The molecule has 4 heterocycles. The summed E-state index contributed by atoms with van der Waals surface area (Å²) in [5.74, 6) is 0.0971. The number of piperidine rings is 3. The Labute approximate surface area is 164 Å². The summed E-state index contributed by atoms with van der Waals surface area (Å²) in [6.45, 7) is 3.73. The Hall–Kier alpha value is -1.98. The molecule has 4 aliphatic rings. The SMILES string of the molecule is COc1cccc(CN2C[C@H](c3cccc(F)c3F)[C@H]3[C@@H]2C2CCN3CC2)c1. The number of likely N-dealkylation sites (tertiary alicyclic amines) is 1. The van der Waals surface area contributed by atoms with Crippen molar-refractivity contribution in [2.45, 2.75) is 37.4 Å². The molecule has 0 aliphatic carbocycles. The van der Waals surface area contributed by atoms with Crippen molar-refractivity contribution in [3.63, 3.8) is 0 Å². The first-order chi connectivity index (χ1) is 13.7. The maximum absolute atomic E-state index is 14.7. The van der Waals surface area contributed by atoms with Crippen LogP contribution in [0.15, 0.2) is 42.5 Å². The van der Waals surface area contributed by atoms with Crippen molar-refractivity contribution in [2.24, 2.45) is 5.92 Å². The van der Waals surface area contributed by atoms with Crippen molar-refractivity contribution in [2.75, 3.05) is 26.7 Å². The Morgan fingerprint density at radius 1 is 1.04 bits per heavy atom. The van der Waals surface area contributed by atoms with Gasteiger partial charge in [-0.15, -0.1) is 0 Å². The van der Waals surface area contributed by atoms with Crippen molar-refractivity contribution >= 4 is 0 Å². The third-order valence-corrected chi connectivity index (χ3v) is 6.99. The van der Waals surface area contributed by atoms with Crippen LogP contribution < -0.4 is 4.74 Å². The normalized spacial score (nSPS) is 31.8. The summed E-state index contributed by atoms with van der Waals surface area (Å²) in [5.41, 5.74) is 1.74. The van der Waals surface area contributed by atoms with Crippen molar-refractivity contribution < 1.29 is 13.5 Å². The number of hydrogen-bond acceptors (Lipinski definition) is 3. The molecule has 0 spiro atoms. The molecule has 4 fully saturated rings. The third kappa shape index (κ3) is 2.92. The van der Waals surface area contributed by atoms with Crippen LogP contribution in [0.5, 0.6) is 5.75 Å². The lowest BCUT2D eigenvalue weighted by atomic mass is 9.75. The zero-order valence-corrected chi connectivity index (χ0v) is 16.2. The van der Waals surface area contributed by atoms with Gasteiger partial charge in [0.2, 0.25) is 0 Å². The molecule has 0 N–H and O–H groups in total. The van der Waals surface area contributed by atoms with Crippen LogP contribution in [0.2, 0.25) is 0 Å². The van der Waals surface area contributed by atoms with Gasteiger partial charge in [0.05, 0.1) is 7.11 Å². The average Bonchev–Trinajstić information content (AvgIpc) is 3.12. The van der Waals surface area contributed by atoms with E-state index in [9.17, 15) is 8.78 Å². The number of rotatable bonds is 4. The van der Waals surface area contributed by atoms with Gasteiger partial charge in [-0.3, -0.25) is 9.80 Å². The van der Waals surface area contributed by atoms with E-state index >= 15 is 0 Å². The molecule has 6 rings (SSSR count). The molecule has 3 nitrogen and oxygen atoms in total. The number of ether oxygens (including phenoxy) is 1. The van der Waals surface area contributed by atoms with Crippen molar-refractivity contribution in [3.8, 4) is 5.75 Å². The minimum Gasteiger partial charge on any atom is -0.497 e. The number of halogens is 2. The molecule has 0 radical (unpaired) electrons. The van der Waals surface area contributed by atoms with Gasteiger partial charge < -0.3 is 4.74 Å². The van der Waals surface area contributed by atoms with Gasteiger partial charge in [-0.05, 0) is 61.2 Å². The Bertz CT molecular complexity index is 865. The van der Waals surface area contributed by atoms with Gasteiger partial charge in [0.1, 0.15) is 5.75 Å². The van der Waals surface area contributed by atoms with Gasteiger partial charge in [0.25, 0.3) is 0 Å². The molecule has 0 unspecified atom stereocenters. The average molecular weight is 384 g/mol.